The number of sulfonamides is 1. The third-order valence-electron chi connectivity index (χ3n) is 6.46. The number of aromatic nitrogens is 1. The van der Waals surface area contributed by atoms with Gasteiger partial charge in [-0.3, -0.25) is 14.3 Å². The van der Waals surface area contributed by atoms with Crippen molar-refractivity contribution >= 4 is 31.6 Å². The van der Waals surface area contributed by atoms with Crippen molar-refractivity contribution in [2.45, 2.75) is 24.4 Å². The Morgan fingerprint density at radius 3 is 2.00 bits per heavy atom. The number of benzene rings is 3. The van der Waals surface area contributed by atoms with E-state index in [0.29, 0.717) is 37.4 Å². The van der Waals surface area contributed by atoms with Crippen LogP contribution in [0, 0.1) is 0 Å². The fraction of sp³-hybridized carbons (Fsp3) is 0.269. The smallest absolute Gasteiger partial charge is 0.299 e. The first kappa shape index (κ1) is 23.0. The minimum atomic E-state index is -3.64. The van der Waals surface area contributed by atoms with Gasteiger partial charge in [-0.25, -0.2) is 8.42 Å². The normalized spacial score (nSPS) is 15.8. The van der Waals surface area contributed by atoms with Crippen molar-refractivity contribution in [1.82, 2.24) is 13.8 Å². The van der Waals surface area contributed by atoms with Crippen molar-refractivity contribution in [3.05, 3.63) is 99.7 Å². The highest BCUT2D eigenvalue weighted by molar-refractivity contribution is 7.89. The number of piperazine rings is 1. The van der Waals surface area contributed by atoms with E-state index in [-0.39, 0.29) is 15.8 Å². The van der Waals surface area contributed by atoms with E-state index >= 15 is 0 Å². The summed E-state index contributed by atoms with van der Waals surface area (Å²) in [6.07, 6.45) is 0. The van der Waals surface area contributed by atoms with Crippen LogP contribution in [0.5, 0.6) is 0 Å². The van der Waals surface area contributed by atoms with Crippen LogP contribution in [0.15, 0.2) is 88.6 Å². The number of aryl methyl sites for hydroxylation is 1. The Hall–Kier alpha value is -2.78. The molecule has 1 fully saturated rings. The molecule has 6 nitrogen and oxygen atoms in total. The Bertz CT molecular complexity index is 1400. The minimum Gasteiger partial charge on any atom is -0.299 e. The summed E-state index contributed by atoms with van der Waals surface area (Å²) in [4.78, 5) is 14.7. The first-order chi connectivity index (χ1) is 16.5. The highest BCUT2D eigenvalue weighted by atomic mass is 32.2. The van der Waals surface area contributed by atoms with Gasteiger partial charge < -0.3 is 0 Å². The lowest BCUT2D eigenvalue weighted by atomic mass is 9.96. The summed E-state index contributed by atoms with van der Waals surface area (Å²) in [5.74, 6) is 0. The molecule has 1 aliphatic rings. The molecule has 176 valence electrons. The number of fused-ring (bicyclic) bond motifs is 1. The second-order valence-corrected chi connectivity index (χ2v) is 11.3. The van der Waals surface area contributed by atoms with Crippen molar-refractivity contribution in [2.75, 3.05) is 26.2 Å². The Labute approximate surface area is 203 Å². The van der Waals surface area contributed by atoms with Crippen molar-refractivity contribution in [1.29, 1.82) is 0 Å². The molecule has 2 heterocycles. The lowest BCUT2D eigenvalue weighted by molar-refractivity contribution is 0.156. The van der Waals surface area contributed by atoms with Gasteiger partial charge in [0.1, 0.15) is 0 Å². The van der Waals surface area contributed by atoms with Crippen molar-refractivity contribution in [3.63, 3.8) is 0 Å². The maximum Gasteiger partial charge on any atom is 0.308 e. The largest absolute Gasteiger partial charge is 0.308 e. The van der Waals surface area contributed by atoms with Gasteiger partial charge in [-0.2, -0.15) is 4.31 Å². The van der Waals surface area contributed by atoms with E-state index in [1.807, 2.05) is 43.3 Å². The third kappa shape index (κ3) is 4.22. The van der Waals surface area contributed by atoms with E-state index in [4.69, 9.17) is 0 Å². The highest BCUT2D eigenvalue weighted by Gasteiger charge is 2.32. The third-order valence-corrected chi connectivity index (χ3v) is 9.30. The number of hydrogen-bond donors (Lipinski definition) is 0. The van der Waals surface area contributed by atoms with E-state index in [9.17, 15) is 13.2 Å². The Morgan fingerprint density at radius 1 is 0.853 bits per heavy atom. The molecule has 34 heavy (non-hydrogen) atoms. The maximum absolute atomic E-state index is 13.4. The molecule has 3 aromatic carbocycles. The molecule has 0 N–H and O–H groups in total. The minimum absolute atomic E-state index is 0.0615. The quantitative estimate of drug-likeness (QED) is 0.404. The van der Waals surface area contributed by atoms with Crippen LogP contribution in [0.25, 0.3) is 10.2 Å². The Kier molecular flexibility index (Phi) is 6.40. The molecule has 8 heteroatoms. The van der Waals surface area contributed by atoms with Crippen LogP contribution in [-0.4, -0.2) is 48.4 Å². The van der Waals surface area contributed by atoms with Crippen LogP contribution >= 0.6 is 11.3 Å². The molecule has 0 bridgehead atoms. The molecule has 1 aliphatic heterocycles. The monoisotopic (exact) mass is 493 g/mol. The second kappa shape index (κ2) is 9.46. The van der Waals surface area contributed by atoms with Gasteiger partial charge in [-0.1, -0.05) is 72.0 Å². The van der Waals surface area contributed by atoms with E-state index < -0.39 is 10.0 Å². The van der Waals surface area contributed by atoms with Gasteiger partial charge in [0.25, 0.3) is 0 Å². The molecule has 0 amide bonds. The van der Waals surface area contributed by atoms with E-state index in [1.165, 1.54) is 11.1 Å². The molecule has 0 radical (unpaired) electrons. The van der Waals surface area contributed by atoms with Crippen LogP contribution in [-0.2, 0) is 16.6 Å². The zero-order valence-corrected chi connectivity index (χ0v) is 20.6. The lowest BCUT2D eigenvalue weighted by Crippen LogP contribution is -2.49. The summed E-state index contributed by atoms with van der Waals surface area (Å²) in [6.45, 7) is 4.59. The average molecular weight is 494 g/mol. The number of hydrogen-bond acceptors (Lipinski definition) is 5. The summed E-state index contributed by atoms with van der Waals surface area (Å²) in [5.41, 5.74) is 3.19. The second-order valence-electron chi connectivity index (χ2n) is 8.41. The average Bonchev–Trinajstić information content (AvgIpc) is 3.20. The van der Waals surface area contributed by atoms with Gasteiger partial charge in [0, 0.05) is 32.7 Å². The number of rotatable bonds is 6. The van der Waals surface area contributed by atoms with E-state index in [2.05, 4.69) is 29.2 Å². The summed E-state index contributed by atoms with van der Waals surface area (Å²) in [6, 6.07) is 25.8. The number of nitrogens with zero attached hydrogens (tertiary/aromatic N) is 3. The molecule has 0 saturated carbocycles. The zero-order chi connectivity index (χ0) is 23.7. The fourth-order valence-electron chi connectivity index (χ4n) is 4.74. The van der Waals surface area contributed by atoms with Gasteiger partial charge >= 0.3 is 4.87 Å². The van der Waals surface area contributed by atoms with Gasteiger partial charge in [-0.15, -0.1) is 0 Å². The first-order valence-electron chi connectivity index (χ1n) is 11.5. The lowest BCUT2D eigenvalue weighted by Gasteiger charge is -2.39. The molecule has 5 rings (SSSR count). The van der Waals surface area contributed by atoms with Crippen LogP contribution < -0.4 is 4.87 Å². The summed E-state index contributed by atoms with van der Waals surface area (Å²) < 4.78 is 30.8. The molecule has 1 aromatic heterocycles. The van der Waals surface area contributed by atoms with Gasteiger partial charge in [0.2, 0.25) is 10.0 Å². The highest BCUT2D eigenvalue weighted by Crippen LogP contribution is 2.31. The molecule has 4 aromatic rings. The molecule has 0 atom stereocenters. The molecular weight excluding hydrogens is 466 g/mol. The summed E-state index contributed by atoms with van der Waals surface area (Å²) >= 11 is 1.10. The van der Waals surface area contributed by atoms with Gasteiger partial charge in [0.15, 0.2) is 0 Å². The SMILES string of the molecule is CCn1c(=O)sc2cc(S(=O)(=O)N3CCN(C(c4ccccc4)c4ccccc4)CC3)ccc21. The van der Waals surface area contributed by atoms with Crippen LogP contribution in [0.4, 0.5) is 0 Å². The van der Waals surface area contributed by atoms with Crippen LogP contribution in [0.1, 0.15) is 24.1 Å². The van der Waals surface area contributed by atoms with E-state index in [0.717, 1.165) is 16.9 Å². The molecule has 1 saturated heterocycles. The maximum atomic E-state index is 13.4. The molecular formula is C26H27N3O3S2. The Balaban J connectivity index is 1.38. The van der Waals surface area contributed by atoms with E-state index in [1.54, 1.807) is 27.1 Å². The molecule has 0 aliphatic carbocycles. The topological polar surface area (TPSA) is 62.6 Å². The fourth-order valence-corrected chi connectivity index (χ4v) is 7.26. The first-order valence-corrected chi connectivity index (χ1v) is 13.7. The Morgan fingerprint density at radius 2 is 1.44 bits per heavy atom. The van der Waals surface area contributed by atoms with Gasteiger partial charge in [0.05, 0.1) is 21.2 Å². The van der Waals surface area contributed by atoms with Crippen LogP contribution in [0.3, 0.4) is 0 Å². The summed E-state index contributed by atoms with van der Waals surface area (Å²) in [5, 5.41) is 0. The predicted octanol–water partition coefficient (Wildman–Crippen LogP) is 4.18. The predicted molar refractivity (Wildman–Crippen MR) is 137 cm³/mol. The van der Waals surface area contributed by atoms with Crippen molar-refractivity contribution in [3.8, 4) is 0 Å². The van der Waals surface area contributed by atoms with Crippen LogP contribution in [0.2, 0.25) is 0 Å². The van der Waals surface area contributed by atoms with Gasteiger partial charge in [-0.05, 0) is 36.2 Å². The zero-order valence-electron chi connectivity index (χ0n) is 19.0. The summed E-state index contributed by atoms with van der Waals surface area (Å²) in [7, 11) is -3.64. The standard InChI is InChI=1S/C26H27N3O3S2/c1-2-29-23-14-13-22(19-24(23)33-26(29)30)34(31,32)28-17-15-27(16-18-28)25(20-9-5-3-6-10-20)21-11-7-4-8-12-21/h3-14,19,25H,2,15-18H2,1H3. The molecule has 0 unspecified atom stereocenters. The van der Waals surface area contributed by atoms with Crippen molar-refractivity contribution < 1.29 is 8.42 Å². The number of thiazole rings is 1. The molecule has 0 spiro atoms. The van der Waals surface area contributed by atoms with Crippen molar-refractivity contribution in [2.24, 2.45) is 0 Å².